The second kappa shape index (κ2) is 7.21. The molecule has 1 atom stereocenters. The topological polar surface area (TPSA) is 29.3 Å². The van der Waals surface area contributed by atoms with Crippen molar-refractivity contribution < 1.29 is 0 Å². The number of aryl methyl sites for hydroxylation is 2. The molecular formula is C18H26N2S. The Morgan fingerprint density at radius 1 is 1.14 bits per heavy atom. The SMILES string of the molecule is Cc1ccc(C(CN)N(Cc2cccs2)C(C)C)cc1C. The molecule has 1 heterocycles. The third kappa shape index (κ3) is 3.94. The van der Waals surface area contributed by atoms with Crippen LogP contribution in [0.1, 0.15) is 41.5 Å². The lowest BCUT2D eigenvalue weighted by molar-refractivity contribution is 0.149. The molecule has 1 aromatic heterocycles. The van der Waals surface area contributed by atoms with E-state index < -0.39 is 0 Å². The highest BCUT2D eigenvalue weighted by Crippen LogP contribution is 2.27. The van der Waals surface area contributed by atoms with Crippen LogP contribution >= 0.6 is 11.3 Å². The minimum atomic E-state index is 0.270. The second-order valence-corrected chi connectivity index (χ2v) is 6.97. The molecule has 0 aliphatic rings. The van der Waals surface area contributed by atoms with Crippen LogP contribution in [-0.2, 0) is 6.54 Å². The summed E-state index contributed by atoms with van der Waals surface area (Å²) in [4.78, 5) is 3.89. The van der Waals surface area contributed by atoms with Crippen molar-refractivity contribution in [2.45, 2.75) is 46.3 Å². The van der Waals surface area contributed by atoms with Crippen LogP contribution in [0.15, 0.2) is 35.7 Å². The minimum absolute atomic E-state index is 0.270. The van der Waals surface area contributed by atoms with Crippen LogP contribution in [0.3, 0.4) is 0 Å². The number of benzene rings is 1. The summed E-state index contributed by atoms with van der Waals surface area (Å²) >= 11 is 1.81. The van der Waals surface area contributed by atoms with Crippen LogP contribution in [0.2, 0.25) is 0 Å². The summed E-state index contributed by atoms with van der Waals surface area (Å²) in [7, 11) is 0. The quantitative estimate of drug-likeness (QED) is 0.863. The fourth-order valence-corrected chi connectivity index (χ4v) is 3.38. The molecule has 2 N–H and O–H groups in total. The molecule has 21 heavy (non-hydrogen) atoms. The van der Waals surface area contributed by atoms with Gasteiger partial charge >= 0.3 is 0 Å². The lowest BCUT2D eigenvalue weighted by Gasteiger charge is -2.34. The molecule has 0 amide bonds. The Balaban J connectivity index is 2.28. The zero-order valence-corrected chi connectivity index (χ0v) is 14.3. The summed E-state index contributed by atoms with van der Waals surface area (Å²) in [6.45, 7) is 10.4. The molecule has 2 nitrogen and oxygen atoms in total. The van der Waals surface area contributed by atoms with Gasteiger partial charge in [-0.15, -0.1) is 11.3 Å². The standard InChI is InChI=1S/C18H26N2S/c1-13(2)20(12-17-6-5-9-21-17)18(11-19)16-8-7-14(3)15(4)10-16/h5-10,13,18H,11-12,19H2,1-4H3. The van der Waals surface area contributed by atoms with Crippen molar-refractivity contribution in [1.82, 2.24) is 4.90 Å². The van der Waals surface area contributed by atoms with Crippen molar-refractivity contribution in [3.8, 4) is 0 Å². The van der Waals surface area contributed by atoms with E-state index in [0.29, 0.717) is 12.6 Å². The van der Waals surface area contributed by atoms with Gasteiger partial charge in [-0.3, -0.25) is 4.90 Å². The number of thiophene rings is 1. The van der Waals surface area contributed by atoms with E-state index >= 15 is 0 Å². The van der Waals surface area contributed by atoms with Crippen molar-refractivity contribution in [1.29, 1.82) is 0 Å². The number of nitrogens with two attached hydrogens (primary N) is 1. The highest BCUT2D eigenvalue weighted by molar-refractivity contribution is 7.09. The fraction of sp³-hybridized carbons (Fsp3) is 0.444. The number of hydrogen-bond acceptors (Lipinski definition) is 3. The van der Waals surface area contributed by atoms with Crippen molar-refractivity contribution in [2.75, 3.05) is 6.54 Å². The molecular weight excluding hydrogens is 276 g/mol. The van der Waals surface area contributed by atoms with E-state index in [1.165, 1.54) is 21.6 Å². The number of rotatable bonds is 6. The Hall–Kier alpha value is -1.16. The maximum absolute atomic E-state index is 6.12. The average Bonchev–Trinajstić information content (AvgIpc) is 2.95. The van der Waals surface area contributed by atoms with Gasteiger partial charge in [-0.25, -0.2) is 0 Å². The lowest BCUT2D eigenvalue weighted by atomic mass is 9.99. The summed E-state index contributed by atoms with van der Waals surface area (Å²) in [6, 6.07) is 11.8. The third-order valence-electron chi connectivity index (χ3n) is 4.12. The van der Waals surface area contributed by atoms with E-state index in [9.17, 15) is 0 Å². The molecule has 1 aromatic carbocycles. The molecule has 2 aromatic rings. The predicted molar refractivity (Wildman–Crippen MR) is 92.7 cm³/mol. The normalized spacial score (nSPS) is 13.1. The molecule has 3 heteroatoms. The third-order valence-corrected chi connectivity index (χ3v) is 4.98. The first kappa shape index (κ1) is 16.2. The van der Waals surface area contributed by atoms with Gasteiger partial charge in [-0.1, -0.05) is 24.3 Å². The monoisotopic (exact) mass is 302 g/mol. The maximum atomic E-state index is 6.12. The van der Waals surface area contributed by atoms with Crippen molar-refractivity contribution in [3.63, 3.8) is 0 Å². The van der Waals surface area contributed by atoms with Crippen molar-refractivity contribution >= 4 is 11.3 Å². The largest absolute Gasteiger partial charge is 0.329 e. The molecule has 0 bridgehead atoms. The van der Waals surface area contributed by atoms with Gasteiger partial charge in [-0.05, 0) is 55.8 Å². The van der Waals surface area contributed by atoms with E-state index in [1.54, 1.807) is 0 Å². The van der Waals surface area contributed by atoms with Gasteiger partial charge in [-0.2, -0.15) is 0 Å². The van der Waals surface area contributed by atoms with Crippen LogP contribution in [0.25, 0.3) is 0 Å². The van der Waals surface area contributed by atoms with Gasteiger partial charge in [0.2, 0.25) is 0 Å². The summed E-state index contributed by atoms with van der Waals surface area (Å²) in [5.41, 5.74) is 10.1. The Labute approximate surface area is 132 Å². The maximum Gasteiger partial charge on any atom is 0.0477 e. The predicted octanol–water partition coefficient (Wildman–Crippen LogP) is 4.28. The van der Waals surface area contributed by atoms with Gasteiger partial charge in [0.15, 0.2) is 0 Å². The molecule has 0 spiro atoms. The van der Waals surface area contributed by atoms with Gasteiger partial charge in [0.25, 0.3) is 0 Å². The van der Waals surface area contributed by atoms with Gasteiger partial charge in [0.05, 0.1) is 0 Å². The van der Waals surface area contributed by atoms with Crippen LogP contribution in [-0.4, -0.2) is 17.5 Å². The van der Waals surface area contributed by atoms with E-state index in [4.69, 9.17) is 5.73 Å². The number of nitrogens with zero attached hydrogens (tertiary/aromatic N) is 1. The first-order valence-corrected chi connectivity index (χ1v) is 8.46. The first-order chi connectivity index (χ1) is 10.0. The summed E-state index contributed by atoms with van der Waals surface area (Å²) in [6.07, 6.45) is 0. The number of hydrogen-bond donors (Lipinski definition) is 1. The Morgan fingerprint density at radius 3 is 2.43 bits per heavy atom. The zero-order valence-electron chi connectivity index (χ0n) is 13.5. The van der Waals surface area contributed by atoms with E-state index in [0.717, 1.165) is 6.54 Å². The van der Waals surface area contributed by atoms with Crippen LogP contribution in [0, 0.1) is 13.8 Å². The van der Waals surface area contributed by atoms with Gasteiger partial charge in [0, 0.05) is 30.1 Å². The minimum Gasteiger partial charge on any atom is -0.329 e. The Bertz CT molecular complexity index is 561. The van der Waals surface area contributed by atoms with Crippen LogP contribution < -0.4 is 5.73 Å². The summed E-state index contributed by atoms with van der Waals surface area (Å²) in [5, 5.41) is 2.14. The lowest BCUT2D eigenvalue weighted by Crippen LogP contribution is -2.38. The fourth-order valence-electron chi connectivity index (χ4n) is 2.67. The Morgan fingerprint density at radius 2 is 1.90 bits per heavy atom. The first-order valence-electron chi connectivity index (χ1n) is 7.58. The average molecular weight is 302 g/mol. The molecule has 0 radical (unpaired) electrons. The van der Waals surface area contributed by atoms with E-state index in [1.807, 2.05) is 11.3 Å². The Kier molecular flexibility index (Phi) is 5.57. The molecule has 2 rings (SSSR count). The van der Waals surface area contributed by atoms with Crippen molar-refractivity contribution in [3.05, 3.63) is 57.3 Å². The molecule has 0 saturated heterocycles. The van der Waals surface area contributed by atoms with E-state index in [2.05, 4.69) is 68.3 Å². The highest BCUT2D eigenvalue weighted by Gasteiger charge is 2.22. The van der Waals surface area contributed by atoms with Crippen LogP contribution in [0.5, 0.6) is 0 Å². The summed E-state index contributed by atoms with van der Waals surface area (Å²) in [5.74, 6) is 0. The summed E-state index contributed by atoms with van der Waals surface area (Å²) < 4.78 is 0. The smallest absolute Gasteiger partial charge is 0.0477 e. The molecule has 0 aliphatic heterocycles. The molecule has 0 fully saturated rings. The highest BCUT2D eigenvalue weighted by atomic mass is 32.1. The zero-order chi connectivity index (χ0) is 15.4. The van der Waals surface area contributed by atoms with Gasteiger partial charge in [0.1, 0.15) is 0 Å². The second-order valence-electron chi connectivity index (χ2n) is 5.94. The molecule has 114 valence electrons. The van der Waals surface area contributed by atoms with Crippen LogP contribution in [0.4, 0.5) is 0 Å². The van der Waals surface area contributed by atoms with E-state index in [-0.39, 0.29) is 6.04 Å². The van der Waals surface area contributed by atoms with Gasteiger partial charge < -0.3 is 5.73 Å². The molecule has 0 saturated carbocycles. The molecule has 0 aliphatic carbocycles. The molecule has 1 unspecified atom stereocenters. The van der Waals surface area contributed by atoms with Crippen molar-refractivity contribution in [2.24, 2.45) is 5.73 Å².